The van der Waals surface area contributed by atoms with Crippen molar-refractivity contribution in [1.82, 2.24) is 14.8 Å². The number of hydrogen-bond acceptors (Lipinski definition) is 4. The summed E-state index contributed by atoms with van der Waals surface area (Å²) in [6, 6.07) is 5.26. The van der Waals surface area contributed by atoms with E-state index >= 15 is 0 Å². The lowest BCUT2D eigenvalue weighted by molar-refractivity contribution is -0.116. The van der Waals surface area contributed by atoms with Crippen molar-refractivity contribution in [2.24, 2.45) is 5.73 Å². The van der Waals surface area contributed by atoms with Gasteiger partial charge in [-0.2, -0.15) is 5.10 Å². The first-order chi connectivity index (χ1) is 9.22. The molecular formula is C12H14ClN5O. The first kappa shape index (κ1) is 13.5. The molecule has 7 heteroatoms. The van der Waals surface area contributed by atoms with Gasteiger partial charge in [-0.3, -0.25) is 4.79 Å². The van der Waals surface area contributed by atoms with Crippen LogP contribution in [0.1, 0.15) is 12.8 Å². The minimum Gasteiger partial charge on any atom is -0.330 e. The quantitative estimate of drug-likeness (QED) is 0.870. The second kappa shape index (κ2) is 6.31. The Morgan fingerprint density at radius 2 is 2.32 bits per heavy atom. The molecule has 3 N–H and O–H groups in total. The summed E-state index contributed by atoms with van der Waals surface area (Å²) in [6.45, 7) is 0.485. The Labute approximate surface area is 115 Å². The molecule has 0 aliphatic heterocycles. The maximum Gasteiger partial charge on any atom is 0.224 e. The topological polar surface area (TPSA) is 85.8 Å². The highest BCUT2D eigenvalue weighted by molar-refractivity contribution is 6.33. The van der Waals surface area contributed by atoms with E-state index in [9.17, 15) is 4.79 Å². The van der Waals surface area contributed by atoms with Gasteiger partial charge in [0.05, 0.1) is 10.7 Å². The number of halogens is 1. The average Bonchev–Trinajstić information content (AvgIpc) is 2.90. The predicted molar refractivity (Wildman–Crippen MR) is 73.3 cm³/mol. The van der Waals surface area contributed by atoms with E-state index in [4.69, 9.17) is 17.3 Å². The third-order valence-electron chi connectivity index (χ3n) is 2.52. The van der Waals surface area contributed by atoms with Gasteiger partial charge in [-0.15, -0.1) is 0 Å². The minimum absolute atomic E-state index is 0.103. The van der Waals surface area contributed by atoms with Crippen molar-refractivity contribution in [2.75, 3.05) is 11.9 Å². The molecule has 0 aliphatic carbocycles. The molecule has 1 aromatic carbocycles. The molecule has 100 valence electrons. The molecule has 0 atom stereocenters. The molecule has 6 nitrogen and oxygen atoms in total. The van der Waals surface area contributed by atoms with Crippen LogP contribution in [0.5, 0.6) is 0 Å². The lowest BCUT2D eigenvalue weighted by Crippen LogP contribution is -2.15. The monoisotopic (exact) mass is 279 g/mol. The highest BCUT2D eigenvalue weighted by Gasteiger charge is 2.12. The van der Waals surface area contributed by atoms with E-state index in [-0.39, 0.29) is 5.91 Å². The number of nitrogens with two attached hydrogens (primary N) is 1. The van der Waals surface area contributed by atoms with Gasteiger partial charge in [-0.05, 0) is 25.1 Å². The molecule has 0 saturated carbocycles. The van der Waals surface area contributed by atoms with Gasteiger partial charge >= 0.3 is 0 Å². The van der Waals surface area contributed by atoms with E-state index in [1.165, 1.54) is 17.3 Å². The summed E-state index contributed by atoms with van der Waals surface area (Å²) >= 11 is 6.15. The van der Waals surface area contributed by atoms with Crippen molar-refractivity contribution in [3.8, 4) is 5.69 Å². The number of nitrogens with zero attached hydrogens (tertiary/aromatic N) is 3. The Morgan fingerprint density at radius 1 is 1.47 bits per heavy atom. The standard InChI is InChI=1S/C12H14ClN5O/c13-9-3-1-4-10(17-11(19)5-2-6-14)12(9)18-8-15-7-16-18/h1,3-4,7-8H,2,5-6,14H2,(H,17,19). The highest BCUT2D eigenvalue weighted by Crippen LogP contribution is 2.27. The predicted octanol–water partition coefficient (Wildman–Crippen LogP) is 1.60. The van der Waals surface area contributed by atoms with Gasteiger partial charge < -0.3 is 11.1 Å². The Morgan fingerprint density at radius 3 is 3.00 bits per heavy atom. The van der Waals surface area contributed by atoms with E-state index < -0.39 is 0 Å². The molecule has 2 aromatic rings. The molecule has 0 spiro atoms. The number of anilines is 1. The van der Waals surface area contributed by atoms with E-state index in [0.29, 0.717) is 35.8 Å². The van der Waals surface area contributed by atoms with Gasteiger partial charge in [-0.25, -0.2) is 9.67 Å². The minimum atomic E-state index is -0.103. The van der Waals surface area contributed by atoms with Crippen LogP contribution in [0.15, 0.2) is 30.9 Å². The molecule has 0 fully saturated rings. The number of benzene rings is 1. The largest absolute Gasteiger partial charge is 0.330 e. The van der Waals surface area contributed by atoms with Crippen molar-refractivity contribution in [2.45, 2.75) is 12.8 Å². The first-order valence-corrected chi connectivity index (χ1v) is 6.23. The lowest BCUT2D eigenvalue weighted by atomic mass is 10.2. The van der Waals surface area contributed by atoms with Crippen LogP contribution < -0.4 is 11.1 Å². The summed E-state index contributed by atoms with van der Waals surface area (Å²) in [5.74, 6) is -0.103. The summed E-state index contributed by atoms with van der Waals surface area (Å²) in [5.41, 5.74) is 6.57. The number of carbonyl (C=O) groups excluding carboxylic acids is 1. The van der Waals surface area contributed by atoms with E-state index in [0.717, 1.165) is 0 Å². The van der Waals surface area contributed by atoms with E-state index in [1.807, 2.05) is 0 Å². The zero-order valence-corrected chi connectivity index (χ0v) is 11.0. The van der Waals surface area contributed by atoms with E-state index in [2.05, 4.69) is 15.4 Å². The number of para-hydroxylation sites is 1. The zero-order chi connectivity index (χ0) is 13.7. The number of amides is 1. The average molecular weight is 280 g/mol. The van der Waals surface area contributed by atoms with Crippen LogP contribution in [0.4, 0.5) is 5.69 Å². The van der Waals surface area contributed by atoms with Crippen molar-refractivity contribution in [1.29, 1.82) is 0 Å². The molecule has 0 bridgehead atoms. The van der Waals surface area contributed by atoms with Crippen LogP contribution >= 0.6 is 11.6 Å². The maximum atomic E-state index is 11.7. The zero-order valence-electron chi connectivity index (χ0n) is 10.2. The van der Waals surface area contributed by atoms with Crippen LogP contribution in [0.3, 0.4) is 0 Å². The molecule has 2 rings (SSSR count). The van der Waals surface area contributed by atoms with E-state index in [1.54, 1.807) is 18.2 Å². The van der Waals surface area contributed by atoms with Crippen LogP contribution in [-0.4, -0.2) is 27.2 Å². The number of aromatic nitrogens is 3. The van der Waals surface area contributed by atoms with Crippen molar-refractivity contribution < 1.29 is 4.79 Å². The maximum absolute atomic E-state index is 11.7. The van der Waals surface area contributed by atoms with Crippen LogP contribution in [0.2, 0.25) is 5.02 Å². The van der Waals surface area contributed by atoms with Gasteiger partial charge in [0.1, 0.15) is 18.3 Å². The van der Waals surface area contributed by atoms with Crippen LogP contribution in [0, 0.1) is 0 Å². The Hall–Kier alpha value is -1.92. The number of rotatable bonds is 5. The molecule has 0 saturated heterocycles. The second-order valence-electron chi connectivity index (χ2n) is 3.92. The molecule has 1 aromatic heterocycles. The Balaban J connectivity index is 2.26. The van der Waals surface area contributed by atoms with Gasteiger partial charge in [-0.1, -0.05) is 17.7 Å². The number of hydrogen-bond donors (Lipinski definition) is 2. The molecule has 0 unspecified atom stereocenters. The van der Waals surface area contributed by atoms with Gasteiger partial charge in [0.25, 0.3) is 0 Å². The van der Waals surface area contributed by atoms with Crippen LogP contribution in [0.25, 0.3) is 5.69 Å². The van der Waals surface area contributed by atoms with Gasteiger partial charge in [0.2, 0.25) is 5.91 Å². The highest BCUT2D eigenvalue weighted by atomic mass is 35.5. The lowest BCUT2D eigenvalue weighted by Gasteiger charge is -2.12. The molecule has 0 aliphatic rings. The van der Waals surface area contributed by atoms with Crippen LogP contribution in [-0.2, 0) is 4.79 Å². The molecule has 0 radical (unpaired) electrons. The molecule has 19 heavy (non-hydrogen) atoms. The molecule has 1 heterocycles. The normalized spacial score (nSPS) is 10.4. The summed E-state index contributed by atoms with van der Waals surface area (Å²) < 4.78 is 1.51. The summed E-state index contributed by atoms with van der Waals surface area (Å²) in [6.07, 6.45) is 3.95. The second-order valence-corrected chi connectivity index (χ2v) is 4.32. The third kappa shape index (κ3) is 3.30. The van der Waals surface area contributed by atoms with Crippen molar-refractivity contribution >= 4 is 23.2 Å². The van der Waals surface area contributed by atoms with Gasteiger partial charge in [0.15, 0.2) is 0 Å². The summed E-state index contributed by atoms with van der Waals surface area (Å²) in [5, 5.41) is 7.32. The molecular weight excluding hydrogens is 266 g/mol. The Bertz CT molecular complexity index is 555. The smallest absolute Gasteiger partial charge is 0.224 e. The van der Waals surface area contributed by atoms with Gasteiger partial charge in [0, 0.05) is 6.42 Å². The fourth-order valence-corrected chi connectivity index (χ4v) is 1.91. The third-order valence-corrected chi connectivity index (χ3v) is 2.82. The number of carbonyl (C=O) groups is 1. The summed E-state index contributed by atoms with van der Waals surface area (Å²) in [7, 11) is 0. The summed E-state index contributed by atoms with van der Waals surface area (Å²) in [4.78, 5) is 15.6. The Kier molecular flexibility index (Phi) is 4.48. The number of nitrogens with one attached hydrogen (secondary N) is 1. The van der Waals surface area contributed by atoms with Crippen molar-refractivity contribution in [3.63, 3.8) is 0 Å². The van der Waals surface area contributed by atoms with Crippen molar-refractivity contribution in [3.05, 3.63) is 35.9 Å². The fraction of sp³-hybridized carbons (Fsp3) is 0.250. The SMILES string of the molecule is NCCCC(=O)Nc1cccc(Cl)c1-n1cncn1. The fourth-order valence-electron chi connectivity index (χ4n) is 1.65. The first-order valence-electron chi connectivity index (χ1n) is 5.86. The molecule has 1 amide bonds.